The highest BCUT2D eigenvalue weighted by molar-refractivity contribution is 5.98. The Morgan fingerprint density at radius 3 is 2.43 bits per heavy atom. The second kappa shape index (κ2) is 9.64. The number of nitrogens with one attached hydrogen (secondary N) is 2. The standard InChI is InChI=1S/C21H23N3O6/c1-12-8-9-13(2)18(10-12)23-19(25)15(4)30-21(27)14(3)22-20(26)16-6-5-7-17(11-16)24(28)29/h5-11,14-15H,1-4H3,(H,22,26)(H,23,25)/t14-,15+/m0/s1. The summed E-state index contributed by atoms with van der Waals surface area (Å²) in [5.74, 6) is -1.98. The molecule has 0 aliphatic rings. The lowest BCUT2D eigenvalue weighted by molar-refractivity contribution is -0.384. The van der Waals surface area contributed by atoms with Gasteiger partial charge in [0, 0.05) is 23.4 Å². The van der Waals surface area contributed by atoms with E-state index >= 15 is 0 Å². The van der Waals surface area contributed by atoms with E-state index in [4.69, 9.17) is 4.74 Å². The minimum Gasteiger partial charge on any atom is -0.451 e. The van der Waals surface area contributed by atoms with E-state index in [1.165, 1.54) is 32.0 Å². The lowest BCUT2D eigenvalue weighted by atomic mass is 10.1. The molecule has 0 aromatic heterocycles. The molecule has 0 aliphatic carbocycles. The highest BCUT2D eigenvalue weighted by Gasteiger charge is 2.24. The third-order valence-electron chi connectivity index (χ3n) is 4.33. The first-order valence-corrected chi connectivity index (χ1v) is 9.22. The summed E-state index contributed by atoms with van der Waals surface area (Å²) in [6.45, 7) is 6.56. The van der Waals surface area contributed by atoms with Gasteiger partial charge in [-0.25, -0.2) is 4.79 Å². The van der Waals surface area contributed by atoms with Crippen LogP contribution in [0, 0.1) is 24.0 Å². The SMILES string of the molecule is Cc1ccc(C)c(NC(=O)[C@@H](C)OC(=O)[C@H](C)NC(=O)c2cccc([N+](=O)[O-])c2)c1. The number of non-ortho nitro benzene ring substituents is 1. The molecule has 9 heteroatoms. The molecule has 2 N–H and O–H groups in total. The van der Waals surface area contributed by atoms with E-state index in [9.17, 15) is 24.5 Å². The highest BCUT2D eigenvalue weighted by Crippen LogP contribution is 2.17. The van der Waals surface area contributed by atoms with E-state index in [1.807, 2.05) is 32.0 Å². The van der Waals surface area contributed by atoms with E-state index in [1.54, 1.807) is 0 Å². The van der Waals surface area contributed by atoms with Crippen molar-refractivity contribution in [1.29, 1.82) is 0 Å². The zero-order chi connectivity index (χ0) is 22.4. The van der Waals surface area contributed by atoms with Crippen LogP contribution in [0.15, 0.2) is 42.5 Å². The zero-order valence-electron chi connectivity index (χ0n) is 17.1. The average molecular weight is 413 g/mol. The van der Waals surface area contributed by atoms with Gasteiger partial charge in [0.1, 0.15) is 6.04 Å². The van der Waals surface area contributed by atoms with Gasteiger partial charge in [0.15, 0.2) is 6.10 Å². The van der Waals surface area contributed by atoms with E-state index in [2.05, 4.69) is 10.6 Å². The smallest absolute Gasteiger partial charge is 0.329 e. The topological polar surface area (TPSA) is 128 Å². The second-order valence-corrected chi connectivity index (χ2v) is 6.89. The van der Waals surface area contributed by atoms with Gasteiger partial charge in [-0.1, -0.05) is 18.2 Å². The van der Waals surface area contributed by atoms with Gasteiger partial charge in [0.05, 0.1) is 4.92 Å². The summed E-state index contributed by atoms with van der Waals surface area (Å²) in [6, 6.07) is 9.65. The van der Waals surface area contributed by atoms with E-state index in [-0.39, 0.29) is 11.3 Å². The number of anilines is 1. The van der Waals surface area contributed by atoms with Crippen molar-refractivity contribution in [2.24, 2.45) is 0 Å². The number of nitro benzene ring substituents is 1. The number of hydrogen-bond acceptors (Lipinski definition) is 6. The summed E-state index contributed by atoms with van der Waals surface area (Å²) in [5, 5.41) is 15.9. The van der Waals surface area contributed by atoms with Gasteiger partial charge in [0.25, 0.3) is 17.5 Å². The van der Waals surface area contributed by atoms with Crippen LogP contribution in [-0.4, -0.2) is 34.9 Å². The van der Waals surface area contributed by atoms with E-state index in [0.717, 1.165) is 17.2 Å². The van der Waals surface area contributed by atoms with Crippen LogP contribution < -0.4 is 10.6 Å². The van der Waals surface area contributed by atoms with Crippen molar-refractivity contribution in [3.8, 4) is 0 Å². The Balaban J connectivity index is 1.95. The third kappa shape index (κ3) is 5.87. The lowest BCUT2D eigenvalue weighted by Gasteiger charge is -2.18. The Hall–Kier alpha value is -3.75. The van der Waals surface area contributed by atoms with Crippen molar-refractivity contribution in [1.82, 2.24) is 5.32 Å². The number of rotatable bonds is 7. The molecule has 9 nitrogen and oxygen atoms in total. The molecule has 2 aromatic rings. The minimum absolute atomic E-state index is 0.0320. The summed E-state index contributed by atoms with van der Waals surface area (Å²) in [5.41, 5.74) is 2.25. The van der Waals surface area contributed by atoms with Gasteiger partial charge in [0.2, 0.25) is 0 Å². The van der Waals surface area contributed by atoms with Crippen molar-refractivity contribution >= 4 is 29.2 Å². The zero-order valence-corrected chi connectivity index (χ0v) is 17.1. The maximum Gasteiger partial charge on any atom is 0.329 e. The molecular weight excluding hydrogens is 390 g/mol. The van der Waals surface area contributed by atoms with Crippen molar-refractivity contribution < 1.29 is 24.0 Å². The van der Waals surface area contributed by atoms with Crippen LogP contribution >= 0.6 is 0 Å². The van der Waals surface area contributed by atoms with Crippen LogP contribution in [0.4, 0.5) is 11.4 Å². The Labute approximate surface area is 173 Å². The van der Waals surface area contributed by atoms with Crippen molar-refractivity contribution in [2.75, 3.05) is 5.32 Å². The van der Waals surface area contributed by atoms with Crippen LogP contribution in [0.1, 0.15) is 35.3 Å². The van der Waals surface area contributed by atoms with Gasteiger partial charge in [-0.3, -0.25) is 19.7 Å². The molecule has 0 radical (unpaired) electrons. The second-order valence-electron chi connectivity index (χ2n) is 6.89. The fourth-order valence-corrected chi connectivity index (χ4v) is 2.53. The normalized spacial score (nSPS) is 12.4. The van der Waals surface area contributed by atoms with Gasteiger partial charge in [-0.15, -0.1) is 0 Å². The van der Waals surface area contributed by atoms with Crippen LogP contribution in [0.3, 0.4) is 0 Å². The van der Waals surface area contributed by atoms with Crippen LogP contribution in [0.2, 0.25) is 0 Å². The summed E-state index contributed by atoms with van der Waals surface area (Å²) in [4.78, 5) is 47.0. The first kappa shape index (κ1) is 22.5. The molecule has 0 unspecified atom stereocenters. The first-order chi connectivity index (χ1) is 14.1. The monoisotopic (exact) mass is 413 g/mol. The molecule has 0 saturated heterocycles. The predicted octanol–water partition coefficient (Wildman–Crippen LogP) is 2.90. The van der Waals surface area contributed by atoms with Crippen molar-refractivity contribution in [3.63, 3.8) is 0 Å². The summed E-state index contributed by atoms with van der Waals surface area (Å²) in [7, 11) is 0. The van der Waals surface area contributed by atoms with Gasteiger partial charge in [-0.05, 0) is 51.0 Å². The van der Waals surface area contributed by atoms with Crippen LogP contribution in [-0.2, 0) is 14.3 Å². The number of carbonyl (C=O) groups is 3. The molecule has 0 aliphatic heterocycles. The highest BCUT2D eigenvalue weighted by atomic mass is 16.6. The molecule has 2 aromatic carbocycles. The van der Waals surface area contributed by atoms with Crippen LogP contribution in [0.5, 0.6) is 0 Å². The number of carbonyl (C=O) groups excluding carboxylic acids is 3. The number of amides is 2. The lowest BCUT2D eigenvalue weighted by Crippen LogP contribution is -2.42. The Morgan fingerprint density at radius 1 is 1.07 bits per heavy atom. The van der Waals surface area contributed by atoms with Crippen LogP contribution in [0.25, 0.3) is 0 Å². The summed E-state index contributed by atoms with van der Waals surface area (Å²) in [6.07, 6.45) is -1.09. The quantitative estimate of drug-likeness (QED) is 0.408. The van der Waals surface area contributed by atoms with Gasteiger partial charge in [-0.2, -0.15) is 0 Å². The molecule has 30 heavy (non-hydrogen) atoms. The molecule has 0 fully saturated rings. The molecule has 2 rings (SSSR count). The number of nitro groups is 1. The Morgan fingerprint density at radius 2 is 1.77 bits per heavy atom. The molecule has 2 amide bonds. The molecule has 0 heterocycles. The Kier molecular flexibility index (Phi) is 7.24. The van der Waals surface area contributed by atoms with E-state index in [0.29, 0.717) is 5.69 Å². The number of aryl methyl sites for hydroxylation is 2. The molecule has 2 atom stereocenters. The summed E-state index contributed by atoms with van der Waals surface area (Å²) >= 11 is 0. The fourth-order valence-electron chi connectivity index (χ4n) is 2.53. The molecular formula is C21H23N3O6. The number of esters is 1. The fraction of sp³-hybridized carbons (Fsp3) is 0.286. The number of benzene rings is 2. The summed E-state index contributed by atoms with van der Waals surface area (Å²) < 4.78 is 5.14. The number of hydrogen-bond donors (Lipinski definition) is 2. The van der Waals surface area contributed by atoms with E-state index < -0.39 is 34.9 Å². The number of nitrogens with zero attached hydrogens (tertiary/aromatic N) is 1. The maximum absolute atomic E-state index is 12.3. The minimum atomic E-state index is -1.09. The third-order valence-corrected chi connectivity index (χ3v) is 4.33. The van der Waals surface area contributed by atoms with Crippen molar-refractivity contribution in [3.05, 3.63) is 69.3 Å². The first-order valence-electron chi connectivity index (χ1n) is 9.22. The molecule has 0 spiro atoms. The van der Waals surface area contributed by atoms with Crippen molar-refractivity contribution in [2.45, 2.75) is 39.8 Å². The molecule has 158 valence electrons. The Bertz CT molecular complexity index is 988. The largest absolute Gasteiger partial charge is 0.451 e. The maximum atomic E-state index is 12.3. The number of ether oxygens (including phenoxy) is 1. The molecule has 0 saturated carbocycles. The van der Waals surface area contributed by atoms with Gasteiger partial charge >= 0.3 is 5.97 Å². The van der Waals surface area contributed by atoms with Gasteiger partial charge < -0.3 is 15.4 Å². The average Bonchev–Trinajstić information content (AvgIpc) is 2.70. The molecule has 0 bridgehead atoms. The predicted molar refractivity (Wildman–Crippen MR) is 110 cm³/mol.